The number of halogens is 1. The van der Waals surface area contributed by atoms with Crippen molar-refractivity contribution in [2.24, 2.45) is 12.0 Å². The third kappa shape index (κ3) is 11.0. The monoisotopic (exact) mass is 542 g/mol. The van der Waals surface area contributed by atoms with E-state index in [4.69, 9.17) is 4.74 Å². The summed E-state index contributed by atoms with van der Waals surface area (Å²) in [6.45, 7) is 9.84. The Morgan fingerprint density at radius 3 is 2.42 bits per heavy atom. The molecular formula is C22H35IN6O2. The molecule has 1 aromatic carbocycles. The first-order chi connectivity index (χ1) is 14.2. The molecule has 31 heavy (non-hydrogen) atoms. The van der Waals surface area contributed by atoms with Gasteiger partial charge >= 0.3 is 6.09 Å². The van der Waals surface area contributed by atoms with Crippen molar-refractivity contribution in [3.63, 3.8) is 0 Å². The number of aliphatic imine (C=N–C) groups is 1. The first kappa shape index (κ1) is 26.7. The fraction of sp³-hybridized carbons (Fsp3) is 0.500. The minimum atomic E-state index is -0.516. The average Bonchev–Trinajstić information content (AvgIpc) is 3.07. The van der Waals surface area contributed by atoms with Gasteiger partial charge in [0.2, 0.25) is 0 Å². The molecule has 0 saturated heterocycles. The van der Waals surface area contributed by atoms with E-state index >= 15 is 0 Å². The fourth-order valence-electron chi connectivity index (χ4n) is 2.74. The summed E-state index contributed by atoms with van der Waals surface area (Å²) >= 11 is 0. The maximum atomic E-state index is 11.8. The highest BCUT2D eigenvalue weighted by molar-refractivity contribution is 14.0. The first-order valence-corrected chi connectivity index (χ1v) is 10.3. The second-order valence-electron chi connectivity index (χ2n) is 8.03. The van der Waals surface area contributed by atoms with Crippen LogP contribution in [0.3, 0.4) is 0 Å². The lowest BCUT2D eigenvalue weighted by molar-refractivity contribution is 0.0636. The molecule has 2 rings (SSSR count). The number of amides is 1. The van der Waals surface area contributed by atoms with E-state index < -0.39 is 11.7 Å². The van der Waals surface area contributed by atoms with E-state index in [0.29, 0.717) is 12.2 Å². The van der Waals surface area contributed by atoms with Crippen LogP contribution < -0.4 is 16.0 Å². The lowest BCUT2D eigenvalue weighted by atomic mass is 10.1. The van der Waals surface area contributed by atoms with Crippen molar-refractivity contribution in [2.75, 3.05) is 25.0 Å². The van der Waals surface area contributed by atoms with Crippen molar-refractivity contribution in [1.29, 1.82) is 0 Å². The molecule has 8 nitrogen and oxygen atoms in total. The van der Waals surface area contributed by atoms with Crippen LogP contribution in [-0.2, 0) is 24.6 Å². The minimum Gasteiger partial charge on any atom is -0.444 e. The van der Waals surface area contributed by atoms with Gasteiger partial charge in [0.25, 0.3) is 0 Å². The Labute approximate surface area is 202 Å². The van der Waals surface area contributed by atoms with Gasteiger partial charge in [-0.3, -0.25) is 15.0 Å². The summed E-state index contributed by atoms with van der Waals surface area (Å²) in [6.07, 6.45) is 5.16. The Balaban J connectivity index is 0.00000480. The SMILES string of the molecule is CCNC(=NCCc1ccc(NC(=O)OC(C)(C)C)cc1)NCCc1cnn(C)c1.I. The van der Waals surface area contributed by atoms with Crippen molar-refractivity contribution >= 4 is 41.7 Å². The molecule has 172 valence electrons. The molecule has 0 radical (unpaired) electrons. The maximum Gasteiger partial charge on any atom is 0.412 e. The predicted molar refractivity (Wildman–Crippen MR) is 136 cm³/mol. The predicted octanol–water partition coefficient (Wildman–Crippen LogP) is 3.73. The van der Waals surface area contributed by atoms with E-state index in [2.05, 4.69) is 33.0 Å². The molecule has 0 fully saturated rings. The van der Waals surface area contributed by atoms with Gasteiger partial charge in [0.1, 0.15) is 5.60 Å². The van der Waals surface area contributed by atoms with E-state index in [-0.39, 0.29) is 24.0 Å². The molecule has 0 unspecified atom stereocenters. The summed E-state index contributed by atoms with van der Waals surface area (Å²) in [4.78, 5) is 16.5. The number of aryl methyl sites for hydroxylation is 1. The molecule has 9 heteroatoms. The van der Waals surface area contributed by atoms with Crippen molar-refractivity contribution in [3.8, 4) is 0 Å². The van der Waals surface area contributed by atoms with E-state index in [9.17, 15) is 4.79 Å². The van der Waals surface area contributed by atoms with Crippen molar-refractivity contribution in [3.05, 3.63) is 47.8 Å². The van der Waals surface area contributed by atoms with Crippen LogP contribution in [0.15, 0.2) is 41.7 Å². The molecule has 0 aliphatic heterocycles. The highest BCUT2D eigenvalue weighted by Crippen LogP contribution is 2.13. The third-order valence-corrected chi connectivity index (χ3v) is 4.08. The molecule has 0 bridgehead atoms. The smallest absolute Gasteiger partial charge is 0.412 e. The van der Waals surface area contributed by atoms with Gasteiger partial charge in [-0.2, -0.15) is 5.10 Å². The third-order valence-electron chi connectivity index (χ3n) is 4.08. The van der Waals surface area contributed by atoms with Crippen LogP contribution in [0, 0.1) is 0 Å². The molecule has 1 amide bonds. The fourth-order valence-corrected chi connectivity index (χ4v) is 2.74. The van der Waals surface area contributed by atoms with Crippen molar-refractivity contribution in [1.82, 2.24) is 20.4 Å². The summed E-state index contributed by atoms with van der Waals surface area (Å²) < 4.78 is 7.07. The topological polar surface area (TPSA) is 92.6 Å². The van der Waals surface area contributed by atoms with E-state index in [1.54, 1.807) is 0 Å². The Kier molecular flexibility index (Phi) is 11.4. The molecule has 0 aliphatic rings. The molecular weight excluding hydrogens is 507 g/mol. The van der Waals surface area contributed by atoms with Gasteiger partial charge < -0.3 is 15.4 Å². The molecule has 2 aromatic rings. The number of rotatable bonds is 8. The molecule has 1 aromatic heterocycles. The largest absolute Gasteiger partial charge is 0.444 e. The second kappa shape index (κ2) is 13.2. The number of nitrogens with zero attached hydrogens (tertiary/aromatic N) is 3. The summed E-state index contributed by atoms with van der Waals surface area (Å²) in [5, 5.41) is 13.5. The van der Waals surface area contributed by atoms with E-state index in [0.717, 1.165) is 37.5 Å². The summed E-state index contributed by atoms with van der Waals surface area (Å²) in [5.74, 6) is 0.810. The molecule has 1 heterocycles. The quantitative estimate of drug-likeness (QED) is 0.269. The van der Waals surface area contributed by atoms with E-state index in [1.807, 2.05) is 69.2 Å². The van der Waals surface area contributed by atoms with Crippen molar-refractivity contribution in [2.45, 2.75) is 46.1 Å². The van der Waals surface area contributed by atoms with Gasteiger partial charge in [-0.05, 0) is 63.8 Å². The normalized spacial score (nSPS) is 11.5. The number of nitrogens with one attached hydrogen (secondary N) is 3. The Morgan fingerprint density at radius 1 is 1.13 bits per heavy atom. The average molecular weight is 542 g/mol. The van der Waals surface area contributed by atoms with Gasteiger partial charge in [-0.15, -0.1) is 24.0 Å². The zero-order chi connectivity index (χ0) is 22.0. The second-order valence-corrected chi connectivity index (χ2v) is 8.03. The van der Waals surface area contributed by atoms with Crippen LogP contribution in [0.1, 0.15) is 38.8 Å². The highest BCUT2D eigenvalue weighted by Gasteiger charge is 2.16. The van der Waals surface area contributed by atoms with Gasteiger partial charge in [0.15, 0.2) is 5.96 Å². The molecule has 0 saturated carbocycles. The van der Waals surface area contributed by atoms with Crippen LogP contribution in [0.2, 0.25) is 0 Å². The minimum absolute atomic E-state index is 0. The number of benzene rings is 1. The van der Waals surface area contributed by atoms with Crippen LogP contribution in [0.5, 0.6) is 0 Å². The summed E-state index contributed by atoms with van der Waals surface area (Å²) in [6, 6.07) is 7.73. The highest BCUT2D eigenvalue weighted by atomic mass is 127. The number of anilines is 1. The first-order valence-electron chi connectivity index (χ1n) is 10.3. The number of ether oxygens (including phenoxy) is 1. The number of hydrogen-bond donors (Lipinski definition) is 3. The number of aromatic nitrogens is 2. The van der Waals surface area contributed by atoms with Crippen molar-refractivity contribution < 1.29 is 9.53 Å². The molecule has 3 N–H and O–H groups in total. The Morgan fingerprint density at radius 2 is 1.84 bits per heavy atom. The maximum absolute atomic E-state index is 11.8. The lowest BCUT2D eigenvalue weighted by Crippen LogP contribution is -2.38. The number of hydrogen-bond acceptors (Lipinski definition) is 4. The standard InChI is InChI=1S/C22H34N6O2.HI/c1-6-23-20(25-14-12-18-15-26-28(5)16-18)24-13-11-17-7-9-19(10-8-17)27-21(29)30-22(2,3)4;/h7-10,15-16H,6,11-14H2,1-5H3,(H,27,29)(H2,23,24,25);1H. The van der Waals surface area contributed by atoms with Gasteiger partial charge in [-0.1, -0.05) is 12.1 Å². The van der Waals surface area contributed by atoms with Crippen LogP contribution in [0.4, 0.5) is 10.5 Å². The number of carbonyl (C=O) groups excluding carboxylic acids is 1. The van der Waals surface area contributed by atoms with Gasteiger partial charge in [-0.25, -0.2) is 4.79 Å². The summed E-state index contributed by atoms with van der Waals surface area (Å²) in [7, 11) is 1.92. The zero-order valence-electron chi connectivity index (χ0n) is 19.1. The van der Waals surface area contributed by atoms with Gasteiger partial charge in [0.05, 0.1) is 6.20 Å². The Hall–Kier alpha value is -2.30. The Bertz CT molecular complexity index is 827. The van der Waals surface area contributed by atoms with Crippen LogP contribution in [-0.4, -0.2) is 47.1 Å². The lowest BCUT2D eigenvalue weighted by Gasteiger charge is -2.19. The number of guanidine groups is 1. The summed E-state index contributed by atoms with van der Waals surface area (Å²) in [5.41, 5.74) is 2.54. The van der Waals surface area contributed by atoms with Crippen LogP contribution >= 0.6 is 24.0 Å². The molecule has 0 atom stereocenters. The van der Waals surface area contributed by atoms with E-state index in [1.165, 1.54) is 5.56 Å². The zero-order valence-corrected chi connectivity index (χ0v) is 21.4. The van der Waals surface area contributed by atoms with Gasteiger partial charge in [0, 0.05) is 38.6 Å². The van der Waals surface area contributed by atoms with Crippen LogP contribution in [0.25, 0.3) is 0 Å². The molecule has 0 spiro atoms. The number of carbonyl (C=O) groups is 1. The molecule has 0 aliphatic carbocycles.